The molecule has 0 aliphatic heterocycles. The number of amides is 1. The van der Waals surface area contributed by atoms with E-state index in [1.807, 2.05) is 4.83 Å². The second kappa shape index (κ2) is 6.96. The van der Waals surface area contributed by atoms with Gasteiger partial charge >= 0.3 is 0 Å². The van der Waals surface area contributed by atoms with Crippen LogP contribution in [0.15, 0.2) is 52.4 Å². The zero-order valence-electron chi connectivity index (χ0n) is 13.8. The molecule has 0 radical (unpaired) electrons. The van der Waals surface area contributed by atoms with E-state index in [4.69, 9.17) is 0 Å². The van der Waals surface area contributed by atoms with Gasteiger partial charge in [0.25, 0.3) is 15.9 Å². The molecule has 0 aliphatic rings. The Kier molecular flexibility index (Phi) is 5.32. The molecule has 25 heavy (non-hydrogen) atoms. The minimum atomic E-state index is -4.04. The van der Waals surface area contributed by atoms with Crippen molar-refractivity contribution in [2.24, 2.45) is 7.05 Å². The summed E-state index contributed by atoms with van der Waals surface area (Å²) in [5.74, 6) is -0.622. The minimum Gasteiger partial charge on any atom is -0.347 e. The first-order valence-electron chi connectivity index (χ1n) is 7.02. The van der Waals surface area contributed by atoms with Gasteiger partial charge in [-0.3, -0.25) is 10.2 Å². The van der Waals surface area contributed by atoms with Crippen molar-refractivity contribution >= 4 is 26.0 Å². The summed E-state index contributed by atoms with van der Waals surface area (Å²) >= 11 is 0. The van der Waals surface area contributed by atoms with Crippen LogP contribution in [0.25, 0.3) is 0 Å². The van der Waals surface area contributed by atoms with Crippen molar-refractivity contribution in [3.8, 4) is 0 Å². The van der Waals surface area contributed by atoms with Crippen LogP contribution in [0.4, 0.5) is 0 Å². The van der Waals surface area contributed by atoms with Crippen molar-refractivity contribution < 1.29 is 21.6 Å². The van der Waals surface area contributed by atoms with Crippen LogP contribution in [0, 0.1) is 0 Å². The molecule has 2 aromatic rings. The van der Waals surface area contributed by atoms with E-state index >= 15 is 0 Å². The van der Waals surface area contributed by atoms with Gasteiger partial charge in [0.1, 0.15) is 5.69 Å². The molecule has 0 saturated carbocycles. The number of benzene rings is 1. The van der Waals surface area contributed by atoms with E-state index in [0.29, 0.717) is 0 Å². The van der Waals surface area contributed by atoms with E-state index in [-0.39, 0.29) is 15.5 Å². The van der Waals surface area contributed by atoms with E-state index in [1.165, 1.54) is 36.9 Å². The summed E-state index contributed by atoms with van der Waals surface area (Å²) in [4.78, 5) is 13.7. The Balaban J connectivity index is 2.15. The monoisotopic (exact) mass is 386 g/mol. The van der Waals surface area contributed by atoms with Gasteiger partial charge in [0.2, 0.25) is 10.0 Å². The predicted octanol–water partition coefficient (Wildman–Crippen LogP) is -0.101. The maximum absolute atomic E-state index is 12.2. The van der Waals surface area contributed by atoms with Gasteiger partial charge in [-0.05, 0) is 36.4 Å². The molecular formula is C14H18N4O5S2. The average Bonchev–Trinajstić information content (AvgIpc) is 2.99. The standard InChI is InChI=1S/C14H18N4O5S2/c1-17(2)25(22,23)12-8-6-11(7-9-12)24(20,21)16-15-14(19)13-5-4-10-18(13)3/h4-10,16H,1-3H3,(H,15,19). The molecule has 1 heterocycles. The lowest BCUT2D eigenvalue weighted by Crippen LogP contribution is -2.42. The van der Waals surface area contributed by atoms with Gasteiger partial charge in [-0.25, -0.2) is 21.1 Å². The number of carbonyl (C=O) groups is 1. The molecule has 2 N–H and O–H groups in total. The van der Waals surface area contributed by atoms with Gasteiger partial charge in [0, 0.05) is 27.3 Å². The molecule has 0 fully saturated rings. The molecule has 0 bridgehead atoms. The second-order valence-corrected chi connectivity index (χ2v) is 9.16. The molecule has 0 aliphatic carbocycles. The maximum atomic E-state index is 12.2. The number of nitrogens with one attached hydrogen (secondary N) is 2. The van der Waals surface area contributed by atoms with Crippen molar-refractivity contribution in [1.82, 2.24) is 19.1 Å². The highest BCUT2D eigenvalue weighted by Gasteiger charge is 2.20. The second-order valence-electron chi connectivity index (χ2n) is 5.32. The maximum Gasteiger partial charge on any atom is 0.282 e. The SMILES string of the molecule is CN(C)S(=O)(=O)c1ccc(S(=O)(=O)NNC(=O)c2cccn2C)cc1. The third kappa shape index (κ3) is 4.07. The topological polar surface area (TPSA) is 118 Å². The Bertz CT molecular complexity index is 976. The fourth-order valence-electron chi connectivity index (χ4n) is 1.94. The van der Waals surface area contributed by atoms with Crippen LogP contribution in [-0.4, -0.2) is 45.7 Å². The number of nitrogens with zero attached hydrogens (tertiary/aromatic N) is 2. The number of aromatic nitrogens is 1. The minimum absolute atomic E-state index is 0.0377. The number of sulfonamides is 2. The van der Waals surface area contributed by atoms with Crippen LogP contribution in [-0.2, 0) is 27.1 Å². The quantitative estimate of drug-likeness (QED) is 0.672. The van der Waals surface area contributed by atoms with Crippen LogP contribution in [0.3, 0.4) is 0 Å². The smallest absolute Gasteiger partial charge is 0.282 e. The molecule has 0 unspecified atom stereocenters. The fourth-order valence-corrected chi connectivity index (χ4v) is 3.68. The lowest BCUT2D eigenvalue weighted by molar-refractivity contribution is 0.0937. The van der Waals surface area contributed by atoms with Gasteiger partial charge in [-0.2, -0.15) is 0 Å². The predicted molar refractivity (Wildman–Crippen MR) is 90.5 cm³/mol. The summed E-state index contributed by atoms with van der Waals surface area (Å²) in [6.45, 7) is 0. The van der Waals surface area contributed by atoms with Gasteiger partial charge in [0.05, 0.1) is 9.79 Å². The number of aryl methyl sites for hydroxylation is 1. The average molecular weight is 386 g/mol. The highest BCUT2D eigenvalue weighted by molar-refractivity contribution is 7.89. The summed E-state index contributed by atoms with van der Waals surface area (Å²) in [6, 6.07) is 7.84. The number of hydrogen-bond donors (Lipinski definition) is 2. The van der Waals surface area contributed by atoms with Crippen molar-refractivity contribution in [2.45, 2.75) is 9.79 Å². The highest BCUT2D eigenvalue weighted by Crippen LogP contribution is 2.16. The third-order valence-corrected chi connectivity index (χ3v) is 6.48. The number of hydrogen-bond acceptors (Lipinski definition) is 5. The zero-order chi connectivity index (χ0) is 18.8. The van der Waals surface area contributed by atoms with E-state index < -0.39 is 26.0 Å². The molecule has 1 aromatic carbocycles. The Morgan fingerprint density at radius 3 is 2.04 bits per heavy atom. The summed E-state index contributed by atoms with van der Waals surface area (Å²) in [5.41, 5.74) is 2.38. The molecule has 0 saturated heterocycles. The largest absolute Gasteiger partial charge is 0.347 e. The van der Waals surface area contributed by atoms with Crippen molar-refractivity contribution in [3.63, 3.8) is 0 Å². The van der Waals surface area contributed by atoms with Crippen LogP contribution >= 0.6 is 0 Å². The Morgan fingerprint density at radius 2 is 1.56 bits per heavy atom. The summed E-state index contributed by atoms with van der Waals surface area (Å²) < 4.78 is 50.9. The molecule has 1 amide bonds. The molecular weight excluding hydrogens is 368 g/mol. The number of rotatable bonds is 6. The van der Waals surface area contributed by atoms with Crippen molar-refractivity contribution in [3.05, 3.63) is 48.3 Å². The first-order valence-corrected chi connectivity index (χ1v) is 9.94. The lowest BCUT2D eigenvalue weighted by Gasteiger charge is -2.12. The lowest BCUT2D eigenvalue weighted by atomic mass is 10.4. The summed E-state index contributed by atoms with van der Waals surface area (Å²) in [5, 5.41) is 0. The normalized spacial score (nSPS) is 12.3. The first-order chi connectivity index (χ1) is 11.6. The third-order valence-electron chi connectivity index (χ3n) is 3.39. The summed E-state index contributed by atoms with van der Waals surface area (Å²) in [7, 11) is -3.30. The van der Waals surface area contributed by atoms with E-state index in [2.05, 4.69) is 5.43 Å². The zero-order valence-corrected chi connectivity index (χ0v) is 15.4. The molecule has 1 aromatic heterocycles. The van der Waals surface area contributed by atoms with Crippen LogP contribution in [0.1, 0.15) is 10.5 Å². The molecule has 2 rings (SSSR count). The van der Waals surface area contributed by atoms with Crippen molar-refractivity contribution in [1.29, 1.82) is 0 Å². The summed E-state index contributed by atoms with van der Waals surface area (Å²) in [6.07, 6.45) is 1.65. The van der Waals surface area contributed by atoms with Gasteiger partial charge in [0.15, 0.2) is 0 Å². The van der Waals surface area contributed by atoms with Crippen LogP contribution in [0.2, 0.25) is 0 Å². The molecule has 11 heteroatoms. The first kappa shape index (κ1) is 19.1. The Hall–Kier alpha value is -2.21. The number of hydrazine groups is 1. The molecule has 136 valence electrons. The Labute approximate surface area is 146 Å². The molecule has 0 spiro atoms. The van der Waals surface area contributed by atoms with Crippen LogP contribution < -0.4 is 10.3 Å². The van der Waals surface area contributed by atoms with Crippen molar-refractivity contribution in [2.75, 3.05) is 14.1 Å². The van der Waals surface area contributed by atoms with E-state index in [1.54, 1.807) is 19.3 Å². The van der Waals surface area contributed by atoms with Gasteiger partial charge < -0.3 is 4.57 Å². The molecule has 0 atom stereocenters. The van der Waals surface area contributed by atoms with Gasteiger partial charge in [-0.1, -0.05) is 0 Å². The van der Waals surface area contributed by atoms with E-state index in [0.717, 1.165) is 16.4 Å². The molecule has 9 nitrogen and oxygen atoms in total. The number of carbonyl (C=O) groups excluding carboxylic acids is 1. The fraction of sp³-hybridized carbons (Fsp3) is 0.214. The highest BCUT2D eigenvalue weighted by atomic mass is 32.2. The van der Waals surface area contributed by atoms with Crippen LogP contribution in [0.5, 0.6) is 0 Å². The Morgan fingerprint density at radius 1 is 1.00 bits per heavy atom. The van der Waals surface area contributed by atoms with Gasteiger partial charge in [-0.15, -0.1) is 4.83 Å². The van der Waals surface area contributed by atoms with E-state index in [9.17, 15) is 21.6 Å².